The number of thiocarbonyl (C=S) groups is 1. The molecule has 1 fully saturated rings. The average molecular weight is 466 g/mol. The highest BCUT2D eigenvalue weighted by molar-refractivity contribution is 9.10. The van der Waals surface area contributed by atoms with Crippen molar-refractivity contribution in [1.29, 1.82) is 0 Å². The van der Waals surface area contributed by atoms with E-state index in [4.69, 9.17) is 26.4 Å². The number of hydrogen-bond acceptors (Lipinski definition) is 6. The molecule has 1 aliphatic rings. The molecule has 0 aliphatic carbocycles. The molecule has 0 bridgehead atoms. The fourth-order valence-corrected chi connectivity index (χ4v) is 4.21. The van der Waals surface area contributed by atoms with Gasteiger partial charge in [0.05, 0.1) is 31.9 Å². The molecule has 0 radical (unpaired) electrons. The van der Waals surface area contributed by atoms with Gasteiger partial charge in [0.1, 0.15) is 0 Å². The maximum absolute atomic E-state index is 12.9. The predicted octanol–water partition coefficient (Wildman–Crippen LogP) is 4.88. The van der Waals surface area contributed by atoms with Crippen molar-refractivity contribution in [2.45, 2.75) is 0 Å². The molecule has 27 heavy (non-hydrogen) atoms. The summed E-state index contributed by atoms with van der Waals surface area (Å²) in [6.07, 6.45) is 1.75. The molecule has 1 aliphatic heterocycles. The lowest BCUT2D eigenvalue weighted by Gasteiger charge is -2.15. The van der Waals surface area contributed by atoms with Crippen LogP contribution in [0, 0.1) is 0 Å². The first-order valence-corrected chi connectivity index (χ1v) is 9.84. The number of rotatable bonds is 5. The van der Waals surface area contributed by atoms with Crippen molar-refractivity contribution in [3.63, 3.8) is 0 Å². The number of thioether (sulfide) groups is 1. The van der Waals surface area contributed by atoms with E-state index < -0.39 is 0 Å². The highest BCUT2D eigenvalue weighted by Gasteiger charge is 2.33. The SMILES string of the molecule is COc1ccc(C=C2SC(=S)N(c3ccc(Br)cc3)C2=O)c(OC)c1OC. The summed E-state index contributed by atoms with van der Waals surface area (Å²) in [4.78, 5) is 15.0. The number of anilines is 1. The van der Waals surface area contributed by atoms with Crippen molar-refractivity contribution in [3.05, 3.63) is 51.3 Å². The number of ether oxygens (including phenoxy) is 3. The molecule has 1 amide bonds. The zero-order valence-electron chi connectivity index (χ0n) is 14.8. The van der Waals surface area contributed by atoms with E-state index in [1.807, 2.05) is 30.3 Å². The Hall–Kier alpha value is -2.03. The Kier molecular flexibility index (Phi) is 6.08. The third-order valence-electron chi connectivity index (χ3n) is 3.90. The van der Waals surface area contributed by atoms with E-state index in [9.17, 15) is 4.79 Å². The van der Waals surface area contributed by atoms with Crippen LogP contribution in [-0.2, 0) is 4.79 Å². The molecule has 2 aromatic rings. The molecule has 3 rings (SSSR count). The molecule has 1 saturated heterocycles. The second-order valence-electron chi connectivity index (χ2n) is 5.42. The van der Waals surface area contributed by atoms with Gasteiger partial charge in [0.15, 0.2) is 15.8 Å². The van der Waals surface area contributed by atoms with Crippen LogP contribution < -0.4 is 19.1 Å². The largest absolute Gasteiger partial charge is 0.493 e. The molecule has 5 nitrogen and oxygen atoms in total. The number of benzene rings is 2. The summed E-state index contributed by atoms with van der Waals surface area (Å²) in [6, 6.07) is 11.0. The van der Waals surface area contributed by atoms with Gasteiger partial charge < -0.3 is 14.2 Å². The molecule has 0 unspecified atom stereocenters. The van der Waals surface area contributed by atoms with Gasteiger partial charge >= 0.3 is 0 Å². The summed E-state index contributed by atoms with van der Waals surface area (Å²) in [5.41, 5.74) is 1.43. The van der Waals surface area contributed by atoms with Gasteiger partial charge in [-0.05, 0) is 42.5 Å². The average Bonchev–Trinajstić information content (AvgIpc) is 2.95. The Morgan fingerprint density at radius 3 is 2.26 bits per heavy atom. The number of amides is 1. The first kappa shape index (κ1) is 19.7. The summed E-state index contributed by atoms with van der Waals surface area (Å²) in [5, 5.41) is 0. The zero-order valence-corrected chi connectivity index (χ0v) is 18.0. The highest BCUT2D eigenvalue weighted by atomic mass is 79.9. The zero-order chi connectivity index (χ0) is 19.6. The summed E-state index contributed by atoms with van der Waals surface area (Å²) in [6.45, 7) is 0. The summed E-state index contributed by atoms with van der Waals surface area (Å²) >= 11 is 10.1. The fourth-order valence-electron chi connectivity index (χ4n) is 2.66. The number of halogens is 1. The van der Waals surface area contributed by atoms with Crippen LogP contribution in [0.25, 0.3) is 6.08 Å². The van der Waals surface area contributed by atoms with Gasteiger partial charge in [0.25, 0.3) is 5.91 Å². The van der Waals surface area contributed by atoms with E-state index in [2.05, 4.69) is 15.9 Å². The van der Waals surface area contributed by atoms with Crippen molar-refractivity contribution in [1.82, 2.24) is 0 Å². The van der Waals surface area contributed by atoms with E-state index in [1.165, 1.54) is 23.8 Å². The molecule has 0 aromatic heterocycles. The van der Waals surface area contributed by atoms with E-state index in [-0.39, 0.29) is 5.91 Å². The maximum Gasteiger partial charge on any atom is 0.270 e. The minimum absolute atomic E-state index is 0.177. The molecule has 1 heterocycles. The Labute approximate surface area is 175 Å². The van der Waals surface area contributed by atoms with Gasteiger partial charge in [-0.3, -0.25) is 9.69 Å². The van der Waals surface area contributed by atoms with Crippen LogP contribution in [0.4, 0.5) is 5.69 Å². The fraction of sp³-hybridized carbons (Fsp3) is 0.158. The predicted molar refractivity (Wildman–Crippen MR) is 116 cm³/mol. The van der Waals surface area contributed by atoms with Crippen LogP contribution >= 0.6 is 39.9 Å². The molecule has 0 N–H and O–H groups in total. The molecule has 0 spiro atoms. The van der Waals surface area contributed by atoms with Crippen molar-refractivity contribution in [3.8, 4) is 17.2 Å². The second-order valence-corrected chi connectivity index (χ2v) is 8.01. The van der Waals surface area contributed by atoms with Gasteiger partial charge in [-0.15, -0.1) is 0 Å². The Morgan fingerprint density at radius 1 is 1.00 bits per heavy atom. The van der Waals surface area contributed by atoms with Gasteiger partial charge in [-0.25, -0.2) is 0 Å². The van der Waals surface area contributed by atoms with Crippen LogP contribution in [0.5, 0.6) is 17.2 Å². The Bertz CT molecular complexity index is 928. The van der Waals surface area contributed by atoms with Crippen LogP contribution in [0.3, 0.4) is 0 Å². The van der Waals surface area contributed by atoms with Crippen LogP contribution in [0.1, 0.15) is 5.56 Å². The number of carbonyl (C=O) groups is 1. The van der Waals surface area contributed by atoms with Gasteiger partial charge in [0, 0.05) is 10.0 Å². The summed E-state index contributed by atoms with van der Waals surface area (Å²) in [5.74, 6) is 1.33. The van der Waals surface area contributed by atoms with E-state index in [1.54, 1.807) is 26.4 Å². The highest BCUT2D eigenvalue weighted by Crippen LogP contribution is 2.43. The van der Waals surface area contributed by atoms with Crippen LogP contribution in [0.2, 0.25) is 0 Å². The van der Waals surface area contributed by atoms with E-state index in [0.29, 0.717) is 32.0 Å². The van der Waals surface area contributed by atoms with Crippen molar-refractivity contribution in [2.75, 3.05) is 26.2 Å². The molecular formula is C19H16BrNO4S2. The van der Waals surface area contributed by atoms with Gasteiger partial charge in [0.2, 0.25) is 5.75 Å². The quantitative estimate of drug-likeness (QED) is 0.463. The normalized spacial score (nSPS) is 15.4. The first-order chi connectivity index (χ1) is 13.0. The Morgan fingerprint density at radius 2 is 1.67 bits per heavy atom. The molecule has 2 aromatic carbocycles. The molecular weight excluding hydrogens is 450 g/mol. The van der Waals surface area contributed by atoms with Crippen LogP contribution in [-0.4, -0.2) is 31.6 Å². The molecule has 140 valence electrons. The topological polar surface area (TPSA) is 48.0 Å². The number of carbonyl (C=O) groups excluding carboxylic acids is 1. The van der Waals surface area contributed by atoms with Crippen molar-refractivity contribution in [2.24, 2.45) is 0 Å². The monoisotopic (exact) mass is 465 g/mol. The Balaban J connectivity index is 2.00. The summed E-state index contributed by atoms with van der Waals surface area (Å²) < 4.78 is 17.6. The lowest BCUT2D eigenvalue weighted by atomic mass is 10.1. The van der Waals surface area contributed by atoms with E-state index in [0.717, 1.165) is 10.2 Å². The number of nitrogens with zero attached hydrogens (tertiary/aromatic N) is 1. The van der Waals surface area contributed by atoms with Gasteiger partial charge in [-0.1, -0.05) is 39.9 Å². The lowest BCUT2D eigenvalue weighted by Crippen LogP contribution is -2.27. The van der Waals surface area contributed by atoms with Crippen molar-refractivity contribution < 1.29 is 19.0 Å². The van der Waals surface area contributed by atoms with Crippen LogP contribution in [0.15, 0.2) is 45.8 Å². The minimum Gasteiger partial charge on any atom is -0.493 e. The smallest absolute Gasteiger partial charge is 0.270 e. The number of methoxy groups -OCH3 is 3. The minimum atomic E-state index is -0.177. The molecule has 8 heteroatoms. The van der Waals surface area contributed by atoms with Crippen molar-refractivity contribution >= 4 is 61.9 Å². The lowest BCUT2D eigenvalue weighted by molar-refractivity contribution is -0.113. The third-order valence-corrected chi connectivity index (χ3v) is 5.73. The number of hydrogen-bond donors (Lipinski definition) is 0. The summed E-state index contributed by atoms with van der Waals surface area (Å²) in [7, 11) is 4.64. The molecule has 0 saturated carbocycles. The first-order valence-electron chi connectivity index (χ1n) is 7.82. The van der Waals surface area contributed by atoms with E-state index >= 15 is 0 Å². The third kappa shape index (κ3) is 3.83. The standard InChI is InChI=1S/C19H16BrNO4S2/c1-23-14-9-4-11(16(24-2)17(14)25-3)10-15-18(22)21(19(26)27-15)13-7-5-12(20)6-8-13/h4-10H,1-3H3. The second kappa shape index (κ2) is 8.33. The van der Waals surface area contributed by atoms with Gasteiger partial charge in [-0.2, -0.15) is 0 Å². The maximum atomic E-state index is 12.9. The molecule has 0 atom stereocenters.